The van der Waals surface area contributed by atoms with Crippen molar-refractivity contribution in [3.63, 3.8) is 0 Å². The minimum Gasteiger partial charge on any atom is -0.496 e. The van der Waals surface area contributed by atoms with E-state index in [0.717, 1.165) is 5.52 Å². The molecule has 3 rings (SSSR count). The van der Waals surface area contributed by atoms with Gasteiger partial charge in [0.05, 0.1) is 30.0 Å². The second-order valence-corrected chi connectivity index (χ2v) is 4.67. The SMILES string of the molecule is COc1cc(F)ccc1-c1cnc2ccc(Cl)cc2n1. The van der Waals surface area contributed by atoms with E-state index in [1.807, 2.05) is 0 Å². The van der Waals surface area contributed by atoms with E-state index in [1.165, 1.54) is 19.2 Å². The Morgan fingerprint density at radius 1 is 1.10 bits per heavy atom. The molecule has 0 atom stereocenters. The van der Waals surface area contributed by atoms with Crippen molar-refractivity contribution in [2.45, 2.75) is 0 Å². The normalized spacial score (nSPS) is 10.8. The molecular formula is C15H10ClFN2O. The third kappa shape index (κ3) is 2.30. The van der Waals surface area contributed by atoms with Gasteiger partial charge in [0, 0.05) is 16.7 Å². The molecule has 1 aromatic heterocycles. The first-order valence-electron chi connectivity index (χ1n) is 5.93. The standard InChI is InChI=1S/C15H10ClFN2O/c1-20-15-7-10(17)3-4-11(15)14-8-18-12-5-2-9(16)6-13(12)19-14/h2-8H,1H3. The number of halogens is 2. The van der Waals surface area contributed by atoms with Crippen molar-refractivity contribution in [1.29, 1.82) is 0 Å². The molecule has 5 heteroatoms. The molecule has 0 N–H and O–H groups in total. The summed E-state index contributed by atoms with van der Waals surface area (Å²) in [7, 11) is 1.49. The van der Waals surface area contributed by atoms with E-state index in [0.29, 0.717) is 27.5 Å². The van der Waals surface area contributed by atoms with E-state index in [9.17, 15) is 4.39 Å². The maximum absolute atomic E-state index is 13.2. The van der Waals surface area contributed by atoms with Crippen molar-refractivity contribution in [2.75, 3.05) is 7.11 Å². The molecule has 2 aromatic carbocycles. The van der Waals surface area contributed by atoms with E-state index in [1.54, 1.807) is 30.5 Å². The van der Waals surface area contributed by atoms with Crippen LogP contribution in [0.4, 0.5) is 4.39 Å². The summed E-state index contributed by atoms with van der Waals surface area (Å²) in [6.45, 7) is 0. The van der Waals surface area contributed by atoms with Gasteiger partial charge in [0.1, 0.15) is 11.6 Å². The molecule has 0 fully saturated rings. The van der Waals surface area contributed by atoms with Gasteiger partial charge < -0.3 is 4.74 Å². The van der Waals surface area contributed by atoms with Crippen LogP contribution in [0.3, 0.4) is 0 Å². The number of nitrogens with zero attached hydrogens (tertiary/aromatic N) is 2. The second kappa shape index (κ2) is 5.06. The summed E-state index contributed by atoms with van der Waals surface area (Å²) < 4.78 is 18.4. The fraction of sp³-hybridized carbons (Fsp3) is 0.0667. The van der Waals surface area contributed by atoms with Crippen LogP contribution in [0.25, 0.3) is 22.3 Å². The smallest absolute Gasteiger partial charge is 0.131 e. The van der Waals surface area contributed by atoms with Gasteiger partial charge in [-0.25, -0.2) is 9.37 Å². The Kier molecular flexibility index (Phi) is 3.24. The van der Waals surface area contributed by atoms with Gasteiger partial charge in [-0.15, -0.1) is 0 Å². The van der Waals surface area contributed by atoms with Crippen LogP contribution < -0.4 is 4.74 Å². The number of benzene rings is 2. The Labute approximate surface area is 120 Å². The van der Waals surface area contributed by atoms with Crippen LogP contribution in [0.5, 0.6) is 5.75 Å². The minimum absolute atomic E-state index is 0.359. The summed E-state index contributed by atoms with van der Waals surface area (Å²) in [4.78, 5) is 8.82. The first kappa shape index (κ1) is 12.8. The van der Waals surface area contributed by atoms with Crippen molar-refractivity contribution >= 4 is 22.6 Å². The van der Waals surface area contributed by atoms with Crippen molar-refractivity contribution in [2.24, 2.45) is 0 Å². The van der Waals surface area contributed by atoms with Crippen molar-refractivity contribution in [1.82, 2.24) is 9.97 Å². The van der Waals surface area contributed by atoms with Crippen molar-refractivity contribution in [3.8, 4) is 17.0 Å². The zero-order chi connectivity index (χ0) is 14.1. The topological polar surface area (TPSA) is 35.0 Å². The molecule has 0 spiro atoms. The van der Waals surface area contributed by atoms with Gasteiger partial charge in [-0.2, -0.15) is 0 Å². The van der Waals surface area contributed by atoms with Crippen LogP contribution in [0.2, 0.25) is 5.02 Å². The second-order valence-electron chi connectivity index (χ2n) is 4.23. The molecule has 3 nitrogen and oxygen atoms in total. The average Bonchev–Trinajstić information content (AvgIpc) is 2.46. The first-order chi connectivity index (χ1) is 9.67. The number of methoxy groups -OCH3 is 1. The quantitative estimate of drug-likeness (QED) is 0.712. The Balaban J connectivity index is 2.19. The lowest BCUT2D eigenvalue weighted by Gasteiger charge is -2.08. The van der Waals surface area contributed by atoms with Gasteiger partial charge in [-0.05, 0) is 30.3 Å². The molecule has 3 aromatic rings. The molecule has 1 heterocycles. The summed E-state index contributed by atoms with van der Waals surface area (Å²) in [5.74, 6) is 0.0584. The molecule has 0 unspecified atom stereocenters. The largest absolute Gasteiger partial charge is 0.496 e. The molecule has 0 aliphatic rings. The molecule has 0 saturated carbocycles. The number of hydrogen-bond donors (Lipinski definition) is 0. The van der Waals surface area contributed by atoms with Gasteiger partial charge >= 0.3 is 0 Å². The highest BCUT2D eigenvalue weighted by atomic mass is 35.5. The van der Waals surface area contributed by atoms with Crippen LogP contribution in [0.15, 0.2) is 42.6 Å². The number of rotatable bonds is 2. The van der Waals surface area contributed by atoms with Crippen LogP contribution in [-0.2, 0) is 0 Å². The Hall–Kier alpha value is -2.20. The highest BCUT2D eigenvalue weighted by Crippen LogP contribution is 2.30. The molecule has 0 radical (unpaired) electrons. The monoisotopic (exact) mass is 288 g/mol. The Morgan fingerprint density at radius 3 is 2.75 bits per heavy atom. The molecule has 0 saturated heterocycles. The molecule has 0 aliphatic heterocycles. The van der Waals surface area contributed by atoms with Gasteiger partial charge in [-0.3, -0.25) is 4.98 Å². The lowest BCUT2D eigenvalue weighted by molar-refractivity contribution is 0.413. The summed E-state index contributed by atoms with van der Waals surface area (Å²) in [6.07, 6.45) is 1.63. The lowest BCUT2D eigenvalue weighted by atomic mass is 10.1. The third-order valence-corrected chi connectivity index (χ3v) is 3.18. The zero-order valence-electron chi connectivity index (χ0n) is 10.6. The predicted molar refractivity (Wildman–Crippen MR) is 76.5 cm³/mol. The number of aromatic nitrogens is 2. The van der Waals surface area contributed by atoms with Crippen molar-refractivity contribution < 1.29 is 9.13 Å². The highest BCUT2D eigenvalue weighted by molar-refractivity contribution is 6.31. The molecule has 0 bridgehead atoms. The molecule has 20 heavy (non-hydrogen) atoms. The highest BCUT2D eigenvalue weighted by Gasteiger charge is 2.10. The van der Waals surface area contributed by atoms with Crippen LogP contribution in [-0.4, -0.2) is 17.1 Å². The summed E-state index contributed by atoms with van der Waals surface area (Å²) in [5, 5.41) is 0.593. The summed E-state index contributed by atoms with van der Waals surface area (Å²) >= 11 is 5.95. The molecule has 100 valence electrons. The van der Waals surface area contributed by atoms with Gasteiger partial charge in [0.15, 0.2) is 0 Å². The Bertz CT molecular complexity index is 792. The zero-order valence-corrected chi connectivity index (χ0v) is 11.4. The minimum atomic E-state index is -0.359. The third-order valence-electron chi connectivity index (χ3n) is 2.94. The lowest BCUT2D eigenvalue weighted by Crippen LogP contribution is -1.93. The first-order valence-corrected chi connectivity index (χ1v) is 6.31. The van der Waals surface area contributed by atoms with E-state index in [2.05, 4.69) is 9.97 Å². The maximum Gasteiger partial charge on any atom is 0.131 e. The average molecular weight is 289 g/mol. The van der Waals surface area contributed by atoms with Gasteiger partial charge in [-0.1, -0.05) is 11.6 Å². The number of hydrogen-bond acceptors (Lipinski definition) is 3. The number of fused-ring (bicyclic) bond motifs is 1. The van der Waals surface area contributed by atoms with Crippen LogP contribution >= 0.6 is 11.6 Å². The number of ether oxygens (including phenoxy) is 1. The Morgan fingerprint density at radius 2 is 1.95 bits per heavy atom. The van der Waals surface area contributed by atoms with Crippen molar-refractivity contribution in [3.05, 3.63) is 53.4 Å². The summed E-state index contributed by atoms with van der Waals surface area (Å²) in [6, 6.07) is 9.60. The molecule has 0 amide bonds. The van der Waals surface area contributed by atoms with E-state index in [4.69, 9.17) is 16.3 Å². The van der Waals surface area contributed by atoms with Gasteiger partial charge in [0.25, 0.3) is 0 Å². The molecule has 0 aliphatic carbocycles. The fourth-order valence-electron chi connectivity index (χ4n) is 1.99. The van der Waals surface area contributed by atoms with Crippen LogP contribution in [0, 0.1) is 5.82 Å². The van der Waals surface area contributed by atoms with E-state index >= 15 is 0 Å². The predicted octanol–water partition coefficient (Wildman–Crippen LogP) is 4.10. The van der Waals surface area contributed by atoms with Crippen LogP contribution in [0.1, 0.15) is 0 Å². The van der Waals surface area contributed by atoms with E-state index < -0.39 is 0 Å². The molecular weight excluding hydrogens is 279 g/mol. The van der Waals surface area contributed by atoms with E-state index in [-0.39, 0.29) is 5.82 Å². The van der Waals surface area contributed by atoms with Gasteiger partial charge in [0.2, 0.25) is 0 Å². The maximum atomic E-state index is 13.2. The fourth-order valence-corrected chi connectivity index (χ4v) is 2.16. The summed E-state index contributed by atoms with van der Waals surface area (Å²) in [5.41, 5.74) is 2.72.